The summed E-state index contributed by atoms with van der Waals surface area (Å²) in [7, 11) is -1.71. The first kappa shape index (κ1) is 15.5. The van der Waals surface area contributed by atoms with E-state index in [2.05, 4.69) is 24.1 Å². The van der Waals surface area contributed by atoms with Gasteiger partial charge in [-0.2, -0.15) is 4.31 Å². The van der Waals surface area contributed by atoms with Crippen LogP contribution in [0.4, 0.5) is 0 Å². The summed E-state index contributed by atoms with van der Waals surface area (Å²) in [6.45, 7) is 6.76. The number of hydrogen-bond donors (Lipinski definition) is 2. The lowest BCUT2D eigenvalue weighted by Gasteiger charge is -2.23. The molecule has 1 atom stereocenters. The average Bonchev–Trinajstić information content (AvgIpc) is 3.12. The van der Waals surface area contributed by atoms with Crippen LogP contribution in [0.25, 0.3) is 0 Å². The van der Waals surface area contributed by atoms with Gasteiger partial charge < -0.3 is 10.3 Å². The summed E-state index contributed by atoms with van der Waals surface area (Å²) in [6, 6.07) is 2.17. The number of H-pyrrole nitrogens is 1. The van der Waals surface area contributed by atoms with E-state index >= 15 is 0 Å². The number of aromatic nitrogens is 1. The molecular weight excluding hydrogens is 274 g/mol. The lowest BCUT2D eigenvalue weighted by Crippen LogP contribution is -2.36. The molecular formula is C14H25N3O2S. The van der Waals surface area contributed by atoms with Crippen LogP contribution in [0.1, 0.15) is 39.3 Å². The van der Waals surface area contributed by atoms with Crippen molar-refractivity contribution >= 4 is 10.0 Å². The van der Waals surface area contributed by atoms with E-state index in [-0.39, 0.29) is 6.04 Å². The quantitative estimate of drug-likeness (QED) is 0.808. The van der Waals surface area contributed by atoms with Gasteiger partial charge in [0.25, 0.3) is 0 Å². The summed E-state index contributed by atoms with van der Waals surface area (Å²) in [4.78, 5) is 3.39. The van der Waals surface area contributed by atoms with Gasteiger partial charge in [-0.05, 0) is 31.7 Å². The second kappa shape index (κ2) is 5.87. The molecule has 1 unspecified atom stereocenters. The van der Waals surface area contributed by atoms with Gasteiger partial charge in [0.2, 0.25) is 10.0 Å². The normalized spacial score (nSPS) is 17.9. The number of nitrogens with one attached hydrogen (secondary N) is 2. The van der Waals surface area contributed by atoms with Crippen LogP contribution in [-0.4, -0.2) is 36.8 Å². The third kappa shape index (κ3) is 3.42. The number of aromatic amines is 1. The van der Waals surface area contributed by atoms with Crippen molar-refractivity contribution in [2.75, 3.05) is 7.05 Å². The maximum Gasteiger partial charge on any atom is 0.244 e. The molecule has 6 heteroatoms. The molecule has 0 amide bonds. The zero-order valence-corrected chi connectivity index (χ0v) is 13.5. The molecule has 20 heavy (non-hydrogen) atoms. The summed E-state index contributed by atoms with van der Waals surface area (Å²) in [6.07, 6.45) is 3.86. The van der Waals surface area contributed by atoms with Crippen molar-refractivity contribution in [2.24, 2.45) is 5.92 Å². The van der Waals surface area contributed by atoms with Crippen molar-refractivity contribution in [2.45, 2.75) is 57.1 Å². The Morgan fingerprint density at radius 2 is 2.05 bits per heavy atom. The fraction of sp³-hybridized carbons (Fsp3) is 0.714. The number of hydrogen-bond acceptors (Lipinski definition) is 3. The second-order valence-electron chi connectivity index (χ2n) is 6.00. The zero-order valence-electron chi connectivity index (χ0n) is 12.7. The Morgan fingerprint density at radius 3 is 2.60 bits per heavy atom. The molecule has 0 aromatic carbocycles. The minimum atomic E-state index is -3.39. The molecule has 2 N–H and O–H groups in total. The minimum absolute atomic E-state index is 0.0761. The molecule has 1 aromatic rings. The monoisotopic (exact) mass is 299 g/mol. The van der Waals surface area contributed by atoms with Gasteiger partial charge in [-0.1, -0.05) is 13.8 Å². The molecule has 1 fully saturated rings. The molecule has 0 saturated heterocycles. The van der Waals surface area contributed by atoms with Crippen LogP contribution in [-0.2, 0) is 16.6 Å². The van der Waals surface area contributed by atoms with Crippen molar-refractivity contribution < 1.29 is 8.42 Å². The van der Waals surface area contributed by atoms with E-state index in [1.807, 2.05) is 6.92 Å². The molecule has 0 bridgehead atoms. The Balaban J connectivity index is 2.09. The zero-order chi connectivity index (χ0) is 14.9. The molecule has 0 spiro atoms. The highest BCUT2D eigenvalue weighted by Gasteiger charge is 2.36. The molecule has 1 aliphatic carbocycles. The summed E-state index contributed by atoms with van der Waals surface area (Å²) in [5, 5.41) is 3.27. The van der Waals surface area contributed by atoms with Crippen LogP contribution >= 0.6 is 0 Å². The predicted molar refractivity (Wildman–Crippen MR) is 79.9 cm³/mol. The first-order chi connectivity index (χ1) is 9.32. The van der Waals surface area contributed by atoms with E-state index in [0.29, 0.717) is 23.4 Å². The highest BCUT2D eigenvalue weighted by Crippen LogP contribution is 2.36. The number of sulfonamides is 1. The van der Waals surface area contributed by atoms with Crippen molar-refractivity contribution in [1.29, 1.82) is 0 Å². The summed E-state index contributed by atoms with van der Waals surface area (Å²) < 4.78 is 26.6. The maximum atomic E-state index is 12.5. The second-order valence-corrected chi connectivity index (χ2v) is 7.99. The largest absolute Gasteiger partial charge is 0.363 e. The van der Waals surface area contributed by atoms with Gasteiger partial charge >= 0.3 is 0 Å². The Hall–Kier alpha value is -0.850. The van der Waals surface area contributed by atoms with Crippen molar-refractivity contribution in [3.05, 3.63) is 18.0 Å². The Labute approximate surface area is 121 Å². The topological polar surface area (TPSA) is 65.2 Å². The van der Waals surface area contributed by atoms with Gasteiger partial charge in [-0.15, -0.1) is 0 Å². The molecule has 1 aromatic heterocycles. The third-order valence-electron chi connectivity index (χ3n) is 3.97. The predicted octanol–water partition coefficient (Wildman–Crippen LogP) is 1.93. The van der Waals surface area contributed by atoms with Crippen molar-refractivity contribution in [1.82, 2.24) is 14.6 Å². The van der Waals surface area contributed by atoms with E-state index in [1.54, 1.807) is 19.3 Å². The maximum absolute atomic E-state index is 12.5. The highest BCUT2D eigenvalue weighted by molar-refractivity contribution is 7.89. The summed E-state index contributed by atoms with van der Waals surface area (Å²) in [5.74, 6) is 0.524. The van der Waals surface area contributed by atoms with Crippen LogP contribution < -0.4 is 5.32 Å². The van der Waals surface area contributed by atoms with E-state index in [1.165, 1.54) is 4.31 Å². The van der Waals surface area contributed by atoms with Crippen LogP contribution in [0.3, 0.4) is 0 Å². The minimum Gasteiger partial charge on any atom is -0.363 e. The van der Waals surface area contributed by atoms with Crippen molar-refractivity contribution in [3.8, 4) is 0 Å². The van der Waals surface area contributed by atoms with Gasteiger partial charge in [-0.25, -0.2) is 8.42 Å². The van der Waals surface area contributed by atoms with Crippen LogP contribution in [0.2, 0.25) is 0 Å². The van der Waals surface area contributed by atoms with E-state index in [9.17, 15) is 8.42 Å². The van der Waals surface area contributed by atoms with Gasteiger partial charge in [0, 0.05) is 37.6 Å². The number of rotatable bonds is 7. The fourth-order valence-corrected chi connectivity index (χ4v) is 3.69. The fourth-order valence-electron chi connectivity index (χ4n) is 2.24. The molecule has 1 heterocycles. The Kier molecular flexibility index (Phi) is 4.56. The smallest absolute Gasteiger partial charge is 0.244 e. The first-order valence-corrected chi connectivity index (χ1v) is 8.65. The average molecular weight is 299 g/mol. The molecule has 1 aliphatic rings. The van der Waals surface area contributed by atoms with Gasteiger partial charge in [0.1, 0.15) is 0 Å². The van der Waals surface area contributed by atoms with Crippen LogP contribution in [0.15, 0.2) is 17.2 Å². The van der Waals surface area contributed by atoms with E-state index in [4.69, 9.17) is 0 Å². The molecule has 0 aliphatic heterocycles. The third-order valence-corrected chi connectivity index (χ3v) is 5.89. The summed E-state index contributed by atoms with van der Waals surface area (Å²) >= 11 is 0. The lowest BCUT2D eigenvalue weighted by atomic mass is 10.2. The molecule has 2 rings (SSSR count). The van der Waals surface area contributed by atoms with E-state index in [0.717, 1.165) is 18.5 Å². The standard InChI is InChI=1S/C14H25N3O2S/c1-10(2)15-8-13-7-14(9-16-13)20(18,19)17(4)11(3)12-5-6-12/h7,9-12,15-16H,5-6,8H2,1-4H3. The number of nitrogens with zero attached hydrogens (tertiary/aromatic N) is 1. The van der Waals surface area contributed by atoms with E-state index < -0.39 is 10.0 Å². The Bertz CT molecular complexity index is 547. The molecule has 0 radical (unpaired) electrons. The van der Waals surface area contributed by atoms with Gasteiger partial charge in [0.05, 0.1) is 4.90 Å². The SMILES string of the molecule is CC(C)NCc1cc(S(=O)(=O)N(C)C(C)C2CC2)c[nH]1. The van der Waals surface area contributed by atoms with Crippen LogP contribution in [0.5, 0.6) is 0 Å². The summed E-state index contributed by atoms with van der Waals surface area (Å²) in [5.41, 5.74) is 0.893. The molecule has 114 valence electrons. The molecule has 5 nitrogen and oxygen atoms in total. The van der Waals surface area contributed by atoms with Gasteiger partial charge in [0.15, 0.2) is 0 Å². The van der Waals surface area contributed by atoms with Gasteiger partial charge in [-0.3, -0.25) is 0 Å². The molecule has 1 saturated carbocycles. The first-order valence-electron chi connectivity index (χ1n) is 7.21. The lowest BCUT2D eigenvalue weighted by molar-refractivity contribution is 0.357. The Morgan fingerprint density at radius 1 is 1.40 bits per heavy atom. The highest BCUT2D eigenvalue weighted by atomic mass is 32.2. The van der Waals surface area contributed by atoms with Crippen LogP contribution in [0, 0.1) is 5.92 Å². The van der Waals surface area contributed by atoms with Crippen molar-refractivity contribution in [3.63, 3.8) is 0 Å².